The first-order chi connectivity index (χ1) is 8.04. The van der Waals surface area contributed by atoms with Crippen molar-refractivity contribution >= 4 is 5.91 Å². The summed E-state index contributed by atoms with van der Waals surface area (Å²) in [6, 6.07) is 0.374. The number of carbonyl (C=O) groups excluding carboxylic acids is 1. The van der Waals surface area contributed by atoms with E-state index < -0.39 is 0 Å². The normalized spacial score (nSPS) is 26.9. The van der Waals surface area contributed by atoms with Crippen LogP contribution in [-0.4, -0.2) is 18.0 Å². The van der Waals surface area contributed by atoms with Gasteiger partial charge < -0.3 is 11.1 Å². The topological polar surface area (TPSA) is 55.1 Å². The molecule has 0 heterocycles. The molecule has 3 nitrogen and oxygen atoms in total. The van der Waals surface area contributed by atoms with Crippen molar-refractivity contribution in [3.63, 3.8) is 0 Å². The highest BCUT2D eigenvalue weighted by Crippen LogP contribution is 2.26. The van der Waals surface area contributed by atoms with Crippen LogP contribution in [0.2, 0.25) is 0 Å². The Morgan fingerprint density at radius 3 is 2.59 bits per heavy atom. The van der Waals surface area contributed by atoms with E-state index in [1.807, 2.05) is 0 Å². The van der Waals surface area contributed by atoms with Crippen molar-refractivity contribution in [1.29, 1.82) is 0 Å². The molecule has 3 N–H and O–H groups in total. The molecule has 0 radical (unpaired) electrons. The van der Waals surface area contributed by atoms with Crippen molar-refractivity contribution in [1.82, 2.24) is 5.32 Å². The van der Waals surface area contributed by atoms with Crippen molar-refractivity contribution in [3.05, 3.63) is 0 Å². The molecule has 1 amide bonds. The third-order valence-corrected chi connectivity index (χ3v) is 4.06. The van der Waals surface area contributed by atoms with Gasteiger partial charge in [0.1, 0.15) is 0 Å². The molecule has 1 saturated carbocycles. The lowest BCUT2D eigenvalue weighted by Gasteiger charge is -2.32. The number of amides is 1. The molecule has 0 aromatic carbocycles. The highest BCUT2D eigenvalue weighted by Gasteiger charge is 2.25. The Morgan fingerprint density at radius 1 is 1.35 bits per heavy atom. The zero-order valence-electron chi connectivity index (χ0n) is 11.5. The van der Waals surface area contributed by atoms with E-state index in [-0.39, 0.29) is 11.9 Å². The smallest absolute Gasteiger partial charge is 0.221 e. The van der Waals surface area contributed by atoms with Gasteiger partial charge in [0.2, 0.25) is 5.91 Å². The van der Waals surface area contributed by atoms with Gasteiger partial charge in [-0.3, -0.25) is 4.79 Å². The van der Waals surface area contributed by atoms with Crippen LogP contribution in [0.3, 0.4) is 0 Å². The minimum Gasteiger partial charge on any atom is -0.353 e. The molecule has 3 heteroatoms. The summed E-state index contributed by atoms with van der Waals surface area (Å²) in [5, 5.41) is 3.19. The van der Waals surface area contributed by atoms with Gasteiger partial charge >= 0.3 is 0 Å². The maximum Gasteiger partial charge on any atom is 0.221 e. The molecule has 0 saturated heterocycles. The molecule has 0 bridgehead atoms. The number of hydrogen-bond acceptors (Lipinski definition) is 2. The molecular weight excluding hydrogens is 212 g/mol. The summed E-state index contributed by atoms with van der Waals surface area (Å²) in [6.45, 7) is 6.34. The molecule has 0 spiro atoms. The van der Waals surface area contributed by atoms with E-state index in [1.165, 1.54) is 25.7 Å². The van der Waals surface area contributed by atoms with Crippen molar-refractivity contribution in [3.8, 4) is 0 Å². The monoisotopic (exact) mass is 240 g/mol. The first-order valence-electron chi connectivity index (χ1n) is 7.09. The quantitative estimate of drug-likeness (QED) is 0.775. The summed E-state index contributed by atoms with van der Waals surface area (Å²) in [7, 11) is 0. The lowest BCUT2D eigenvalue weighted by Crippen LogP contribution is -2.44. The van der Waals surface area contributed by atoms with Crippen LogP contribution in [-0.2, 0) is 4.79 Å². The SMILES string of the molecule is CCC1CCCCC1NC(=O)CC(N)C(C)C. The summed E-state index contributed by atoms with van der Waals surface area (Å²) >= 11 is 0. The third-order valence-electron chi connectivity index (χ3n) is 4.06. The molecule has 0 aromatic rings. The van der Waals surface area contributed by atoms with Crippen LogP contribution >= 0.6 is 0 Å². The number of hydrogen-bond donors (Lipinski definition) is 2. The van der Waals surface area contributed by atoms with Gasteiger partial charge in [0, 0.05) is 18.5 Å². The van der Waals surface area contributed by atoms with E-state index in [9.17, 15) is 4.79 Å². The predicted octanol–water partition coefficient (Wildman–Crippen LogP) is 2.44. The Morgan fingerprint density at radius 2 is 2.00 bits per heavy atom. The summed E-state index contributed by atoms with van der Waals surface area (Å²) < 4.78 is 0. The maximum absolute atomic E-state index is 11.9. The average molecular weight is 240 g/mol. The molecule has 1 rings (SSSR count). The molecule has 1 aliphatic carbocycles. The lowest BCUT2D eigenvalue weighted by molar-refractivity contribution is -0.123. The maximum atomic E-state index is 11.9. The first kappa shape index (κ1) is 14.5. The molecule has 3 atom stereocenters. The second-order valence-electron chi connectivity index (χ2n) is 5.74. The average Bonchev–Trinajstić information content (AvgIpc) is 2.29. The van der Waals surface area contributed by atoms with Gasteiger partial charge in [-0.2, -0.15) is 0 Å². The molecular formula is C14H28N2O. The second kappa shape index (κ2) is 7.00. The van der Waals surface area contributed by atoms with Crippen molar-refractivity contribution in [2.75, 3.05) is 0 Å². The largest absolute Gasteiger partial charge is 0.353 e. The Balaban J connectivity index is 2.38. The van der Waals surface area contributed by atoms with E-state index in [0.717, 1.165) is 6.42 Å². The summed E-state index contributed by atoms with van der Waals surface area (Å²) in [4.78, 5) is 11.9. The van der Waals surface area contributed by atoms with Crippen LogP contribution in [0.25, 0.3) is 0 Å². The molecule has 0 aliphatic heterocycles. The highest BCUT2D eigenvalue weighted by atomic mass is 16.1. The number of nitrogens with one attached hydrogen (secondary N) is 1. The van der Waals surface area contributed by atoms with Gasteiger partial charge in [0.25, 0.3) is 0 Å². The second-order valence-corrected chi connectivity index (χ2v) is 5.74. The van der Waals surface area contributed by atoms with Crippen LogP contribution in [0.5, 0.6) is 0 Å². The molecule has 1 fully saturated rings. The molecule has 1 aliphatic rings. The highest BCUT2D eigenvalue weighted by molar-refractivity contribution is 5.76. The molecule has 100 valence electrons. The summed E-state index contributed by atoms with van der Waals surface area (Å²) in [5.74, 6) is 1.17. The standard InChI is InChI=1S/C14H28N2O/c1-4-11-7-5-6-8-13(11)16-14(17)9-12(15)10(2)3/h10-13H,4-9,15H2,1-3H3,(H,16,17). The summed E-state index contributed by atoms with van der Waals surface area (Å²) in [5.41, 5.74) is 5.93. The first-order valence-corrected chi connectivity index (χ1v) is 7.09. The third kappa shape index (κ3) is 4.66. The van der Waals surface area contributed by atoms with Crippen molar-refractivity contribution in [2.24, 2.45) is 17.6 Å². The van der Waals surface area contributed by atoms with Gasteiger partial charge in [0.15, 0.2) is 0 Å². The van der Waals surface area contributed by atoms with E-state index in [4.69, 9.17) is 5.73 Å². The van der Waals surface area contributed by atoms with Gasteiger partial charge in [-0.15, -0.1) is 0 Å². The Labute approximate surface area is 106 Å². The van der Waals surface area contributed by atoms with E-state index in [0.29, 0.717) is 24.3 Å². The van der Waals surface area contributed by atoms with Gasteiger partial charge in [-0.1, -0.05) is 40.0 Å². The van der Waals surface area contributed by atoms with Crippen LogP contribution in [0.4, 0.5) is 0 Å². The Kier molecular flexibility index (Phi) is 5.96. The summed E-state index contributed by atoms with van der Waals surface area (Å²) in [6.07, 6.45) is 6.60. The predicted molar refractivity (Wildman–Crippen MR) is 71.6 cm³/mol. The Hall–Kier alpha value is -0.570. The number of carbonyl (C=O) groups is 1. The molecule has 0 aromatic heterocycles. The van der Waals surface area contributed by atoms with E-state index in [2.05, 4.69) is 26.1 Å². The fraction of sp³-hybridized carbons (Fsp3) is 0.929. The van der Waals surface area contributed by atoms with Crippen molar-refractivity contribution < 1.29 is 4.79 Å². The van der Waals surface area contributed by atoms with Gasteiger partial charge in [-0.25, -0.2) is 0 Å². The van der Waals surface area contributed by atoms with E-state index in [1.54, 1.807) is 0 Å². The zero-order chi connectivity index (χ0) is 12.8. The van der Waals surface area contributed by atoms with Crippen LogP contribution in [0, 0.1) is 11.8 Å². The van der Waals surface area contributed by atoms with Gasteiger partial charge in [0.05, 0.1) is 0 Å². The minimum absolute atomic E-state index is 0.0151. The van der Waals surface area contributed by atoms with Crippen LogP contribution < -0.4 is 11.1 Å². The zero-order valence-corrected chi connectivity index (χ0v) is 11.5. The van der Waals surface area contributed by atoms with E-state index >= 15 is 0 Å². The molecule has 3 unspecified atom stereocenters. The number of rotatable bonds is 5. The molecule has 17 heavy (non-hydrogen) atoms. The lowest BCUT2D eigenvalue weighted by atomic mass is 9.83. The minimum atomic E-state index is -0.0151. The van der Waals surface area contributed by atoms with Gasteiger partial charge in [-0.05, 0) is 24.7 Å². The van der Waals surface area contributed by atoms with Crippen LogP contribution in [0.15, 0.2) is 0 Å². The number of nitrogens with two attached hydrogens (primary N) is 1. The fourth-order valence-corrected chi connectivity index (χ4v) is 2.60. The van der Waals surface area contributed by atoms with Crippen molar-refractivity contribution in [2.45, 2.75) is 71.4 Å². The Bertz CT molecular complexity index is 240. The fourth-order valence-electron chi connectivity index (χ4n) is 2.60. The van der Waals surface area contributed by atoms with Crippen LogP contribution in [0.1, 0.15) is 59.3 Å².